The lowest BCUT2D eigenvalue weighted by atomic mass is 9.99. The largest absolute Gasteiger partial charge is 0.496 e. The van der Waals surface area contributed by atoms with E-state index in [0.717, 1.165) is 18.7 Å². The van der Waals surface area contributed by atoms with E-state index >= 15 is 0 Å². The SMILES string of the molecule is COc1ccc([C@H](Cc2c(Cl)cncc2Cl)OC(=O)c2cccc(CNC(C(=O)O[C@@H]3C=C4CN(C4)C3)c3ccccc3OC)c2)cc1OC. The van der Waals surface area contributed by atoms with Gasteiger partial charge >= 0.3 is 11.9 Å². The van der Waals surface area contributed by atoms with Gasteiger partial charge in [-0.25, -0.2) is 9.59 Å². The Hall–Kier alpha value is -4.61. The van der Waals surface area contributed by atoms with Gasteiger partial charge in [-0.2, -0.15) is 0 Å². The zero-order chi connectivity index (χ0) is 35.2. The van der Waals surface area contributed by atoms with Crippen molar-refractivity contribution in [1.29, 1.82) is 0 Å². The van der Waals surface area contributed by atoms with Crippen LogP contribution >= 0.6 is 23.2 Å². The summed E-state index contributed by atoms with van der Waals surface area (Å²) in [5, 5.41) is 4.04. The van der Waals surface area contributed by atoms with Crippen LogP contribution in [0.5, 0.6) is 17.2 Å². The molecule has 4 aromatic rings. The Balaban J connectivity index is 1.22. The molecular formula is C38H37Cl2N3O7. The third-order valence-corrected chi connectivity index (χ3v) is 9.36. The maximum atomic E-state index is 13.7. The third-order valence-electron chi connectivity index (χ3n) is 8.71. The molecule has 3 aliphatic heterocycles. The maximum Gasteiger partial charge on any atom is 0.338 e. The Morgan fingerprint density at radius 2 is 1.64 bits per heavy atom. The molecule has 0 saturated carbocycles. The quantitative estimate of drug-likeness (QED) is 0.114. The van der Waals surface area contributed by atoms with Gasteiger partial charge in [-0.3, -0.25) is 15.2 Å². The molecule has 4 heterocycles. The minimum Gasteiger partial charge on any atom is -0.496 e. The molecule has 3 aromatic carbocycles. The number of nitrogens with zero attached hydrogens (tertiary/aromatic N) is 2. The monoisotopic (exact) mass is 717 g/mol. The summed E-state index contributed by atoms with van der Waals surface area (Å²) in [6, 6.07) is 18.8. The van der Waals surface area contributed by atoms with Gasteiger partial charge in [0.1, 0.15) is 24.0 Å². The van der Waals surface area contributed by atoms with Crippen molar-refractivity contribution in [2.24, 2.45) is 0 Å². The molecule has 3 aliphatic rings. The van der Waals surface area contributed by atoms with Gasteiger partial charge in [0.25, 0.3) is 0 Å². The number of hydrogen-bond acceptors (Lipinski definition) is 10. The molecule has 260 valence electrons. The van der Waals surface area contributed by atoms with E-state index in [1.165, 1.54) is 25.1 Å². The summed E-state index contributed by atoms with van der Waals surface area (Å²) in [6.45, 7) is 2.78. The van der Waals surface area contributed by atoms with E-state index in [1.807, 2.05) is 30.3 Å². The van der Waals surface area contributed by atoms with E-state index in [4.69, 9.17) is 46.9 Å². The summed E-state index contributed by atoms with van der Waals surface area (Å²) in [5.74, 6) is 0.585. The van der Waals surface area contributed by atoms with Crippen LogP contribution in [-0.2, 0) is 27.2 Å². The van der Waals surface area contributed by atoms with Gasteiger partial charge in [0, 0.05) is 50.6 Å². The number of aromatic nitrogens is 1. The van der Waals surface area contributed by atoms with Crippen molar-refractivity contribution in [2.75, 3.05) is 41.0 Å². The first-order valence-corrected chi connectivity index (χ1v) is 16.8. The third kappa shape index (κ3) is 8.05. The van der Waals surface area contributed by atoms with Crippen molar-refractivity contribution >= 4 is 35.1 Å². The lowest BCUT2D eigenvalue weighted by molar-refractivity contribution is -0.151. The molecule has 0 amide bonds. The van der Waals surface area contributed by atoms with Crippen molar-refractivity contribution in [3.8, 4) is 17.2 Å². The van der Waals surface area contributed by atoms with Crippen LogP contribution in [0.3, 0.4) is 0 Å². The lowest BCUT2D eigenvalue weighted by Gasteiger charge is -2.41. The molecule has 2 bridgehead atoms. The zero-order valence-corrected chi connectivity index (χ0v) is 29.4. The van der Waals surface area contributed by atoms with E-state index in [-0.39, 0.29) is 19.1 Å². The molecule has 0 aliphatic carbocycles. The molecule has 1 N–H and O–H groups in total. The number of pyridine rings is 1. The number of ether oxygens (including phenoxy) is 5. The van der Waals surface area contributed by atoms with Crippen molar-refractivity contribution < 1.29 is 33.3 Å². The molecule has 50 heavy (non-hydrogen) atoms. The van der Waals surface area contributed by atoms with Gasteiger partial charge in [-0.15, -0.1) is 0 Å². The van der Waals surface area contributed by atoms with Crippen LogP contribution in [0.2, 0.25) is 10.0 Å². The highest BCUT2D eigenvalue weighted by Gasteiger charge is 2.33. The first-order chi connectivity index (χ1) is 24.3. The predicted octanol–water partition coefficient (Wildman–Crippen LogP) is 6.55. The summed E-state index contributed by atoms with van der Waals surface area (Å²) in [6.07, 6.45) is 4.11. The number of carbonyl (C=O) groups excluding carboxylic acids is 2. The number of hydrogen-bond donors (Lipinski definition) is 1. The van der Waals surface area contributed by atoms with Gasteiger partial charge in [0.15, 0.2) is 11.5 Å². The fraction of sp³-hybridized carbons (Fsp3) is 0.289. The van der Waals surface area contributed by atoms with Gasteiger partial charge in [0.2, 0.25) is 0 Å². The minimum atomic E-state index is -0.822. The number of para-hydroxylation sites is 1. The summed E-state index contributed by atoms with van der Waals surface area (Å²) in [7, 11) is 4.64. The highest BCUT2D eigenvalue weighted by atomic mass is 35.5. The van der Waals surface area contributed by atoms with E-state index in [2.05, 4.69) is 15.2 Å². The molecule has 7 rings (SSSR count). The molecule has 10 nitrogen and oxygen atoms in total. The Morgan fingerprint density at radius 3 is 2.34 bits per heavy atom. The molecule has 1 unspecified atom stereocenters. The van der Waals surface area contributed by atoms with Crippen LogP contribution in [0.15, 0.2) is 90.8 Å². The fourth-order valence-corrected chi connectivity index (χ4v) is 6.69. The minimum absolute atomic E-state index is 0.181. The number of halogens is 2. The van der Waals surface area contributed by atoms with Gasteiger partial charge in [-0.05, 0) is 58.7 Å². The Bertz CT molecular complexity index is 1870. The van der Waals surface area contributed by atoms with Crippen LogP contribution in [0.4, 0.5) is 0 Å². The van der Waals surface area contributed by atoms with Crippen LogP contribution in [0.25, 0.3) is 0 Å². The van der Waals surface area contributed by atoms with E-state index in [0.29, 0.717) is 56.1 Å². The van der Waals surface area contributed by atoms with Crippen molar-refractivity contribution in [3.63, 3.8) is 0 Å². The molecule has 0 radical (unpaired) electrons. The molecular weight excluding hydrogens is 681 g/mol. The fourth-order valence-electron chi connectivity index (χ4n) is 6.17. The molecule has 0 spiro atoms. The number of carbonyl (C=O) groups is 2. The van der Waals surface area contributed by atoms with Crippen molar-refractivity contribution in [3.05, 3.63) is 129 Å². The number of nitrogens with one attached hydrogen (secondary N) is 1. The molecule has 3 atom stereocenters. The molecule has 1 saturated heterocycles. The maximum absolute atomic E-state index is 13.7. The predicted molar refractivity (Wildman–Crippen MR) is 189 cm³/mol. The Kier molecular flexibility index (Phi) is 11.2. The average molecular weight is 719 g/mol. The smallest absolute Gasteiger partial charge is 0.338 e. The van der Waals surface area contributed by atoms with E-state index in [1.54, 1.807) is 56.7 Å². The van der Waals surface area contributed by atoms with Gasteiger partial charge in [-0.1, -0.05) is 59.6 Å². The summed E-state index contributed by atoms with van der Waals surface area (Å²) in [5.41, 5.74) is 4.23. The van der Waals surface area contributed by atoms with Crippen molar-refractivity contribution in [1.82, 2.24) is 15.2 Å². The number of esters is 2. The van der Waals surface area contributed by atoms with Crippen molar-refractivity contribution in [2.45, 2.75) is 31.2 Å². The number of methoxy groups -OCH3 is 3. The van der Waals surface area contributed by atoms with E-state index in [9.17, 15) is 9.59 Å². The second kappa shape index (κ2) is 15.9. The Morgan fingerprint density at radius 1 is 0.900 bits per heavy atom. The highest BCUT2D eigenvalue weighted by molar-refractivity contribution is 6.35. The zero-order valence-electron chi connectivity index (χ0n) is 27.9. The van der Waals surface area contributed by atoms with Gasteiger partial charge < -0.3 is 23.7 Å². The van der Waals surface area contributed by atoms with Gasteiger partial charge in [0.05, 0.1) is 36.9 Å². The lowest BCUT2D eigenvalue weighted by Crippen LogP contribution is -2.50. The first-order valence-electron chi connectivity index (χ1n) is 16.0. The summed E-state index contributed by atoms with van der Waals surface area (Å²) in [4.78, 5) is 33.7. The van der Waals surface area contributed by atoms with Crippen LogP contribution < -0.4 is 19.5 Å². The molecule has 12 heteroatoms. The van der Waals surface area contributed by atoms with Crippen LogP contribution in [0, 0.1) is 0 Å². The first kappa shape index (κ1) is 35.2. The highest BCUT2D eigenvalue weighted by Crippen LogP contribution is 2.36. The average Bonchev–Trinajstić information content (AvgIpc) is 3.12. The number of benzene rings is 3. The normalized spacial score (nSPS) is 17.4. The number of rotatable bonds is 14. The van der Waals surface area contributed by atoms with Crippen LogP contribution in [-0.4, -0.2) is 68.9 Å². The Labute approximate surface area is 300 Å². The van der Waals surface area contributed by atoms with E-state index < -0.39 is 24.1 Å². The molecule has 1 aromatic heterocycles. The standard InChI is InChI=1S/C38H37Cl2N3O7/c1-46-32-10-5-4-9-28(32)36(38(45)49-27-14-24-20-43(21-24)22-27)42-17-23-7-6-8-26(13-23)37(44)50-34(16-29-30(39)18-41-19-31(29)40)25-11-12-33(47-2)35(15-25)48-3/h4-15,18-19,27,34,36,42H,16-17,20-22H2,1-3H3/t27-,34+,36?/m1/s1. The second-order valence-electron chi connectivity index (χ2n) is 12.0. The number of fused-ring (bicyclic) bond motifs is 2. The topological polar surface area (TPSA) is 108 Å². The molecule has 1 fully saturated rings. The summed E-state index contributed by atoms with van der Waals surface area (Å²) < 4.78 is 28.6. The second-order valence-corrected chi connectivity index (χ2v) is 12.8. The van der Waals surface area contributed by atoms with Crippen LogP contribution in [0.1, 0.15) is 44.8 Å². The summed E-state index contributed by atoms with van der Waals surface area (Å²) >= 11 is 12.9.